The SMILES string of the molecule is CN(C)/C=C/C1=C2C=CC(c3ccccc3)=[N+]2[B-](F)(F)n2c1ccc2-c1ccccc1. The average molecular weight is 413 g/mol. The lowest BCUT2D eigenvalue weighted by molar-refractivity contribution is -0.360. The summed E-state index contributed by atoms with van der Waals surface area (Å²) in [6.07, 6.45) is 7.39. The molecule has 0 unspecified atom stereocenters. The van der Waals surface area contributed by atoms with Crippen LogP contribution in [0.3, 0.4) is 0 Å². The molecule has 3 nitrogen and oxygen atoms in total. The molecular formula is C25H22BF2N3. The van der Waals surface area contributed by atoms with E-state index in [1.54, 1.807) is 24.3 Å². The predicted molar refractivity (Wildman–Crippen MR) is 123 cm³/mol. The van der Waals surface area contributed by atoms with Crippen molar-refractivity contribution in [3.63, 3.8) is 0 Å². The third-order valence-corrected chi connectivity index (χ3v) is 5.69. The lowest BCUT2D eigenvalue weighted by atomic mass is 9.87. The number of nitrogens with zero attached hydrogens (tertiary/aromatic N) is 3. The van der Waals surface area contributed by atoms with Crippen LogP contribution in [0, 0.1) is 0 Å². The van der Waals surface area contributed by atoms with Gasteiger partial charge < -0.3 is 22.5 Å². The summed E-state index contributed by atoms with van der Waals surface area (Å²) in [5.74, 6) is 0. The van der Waals surface area contributed by atoms with Gasteiger partial charge in [0, 0.05) is 43.2 Å². The summed E-state index contributed by atoms with van der Waals surface area (Å²) in [7, 11) is 3.84. The Labute approximate surface area is 180 Å². The van der Waals surface area contributed by atoms with Crippen LogP contribution in [-0.4, -0.2) is 40.6 Å². The van der Waals surface area contributed by atoms with Crippen LogP contribution in [0.1, 0.15) is 11.3 Å². The summed E-state index contributed by atoms with van der Waals surface area (Å²) in [6, 6.07) is 22.3. The van der Waals surface area contributed by atoms with E-state index in [1.807, 2.05) is 91.9 Å². The van der Waals surface area contributed by atoms with E-state index in [0.29, 0.717) is 22.8 Å². The van der Waals surface area contributed by atoms with Crippen LogP contribution in [0.25, 0.3) is 16.8 Å². The minimum Gasteiger partial charge on any atom is -0.389 e. The molecule has 0 amide bonds. The highest BCUT2D eigenvalue weighted by molar-refractivity contribution is 6.59. The smallest absolute Gasteiger partial charge is 0.389 e. The van der Waals surface area contributed by atoms with Crippen molar-refractivity contribution in [1.82, 2.24) is 9.38 Å². The van der Waals surface area contributed by atoms with Gasteiger partial charge in [0.05, 0.1) is 5.57 Å². The van der Waals surface area contributed by atoms with Crippen molar-refractivity contribution in [2.45, 2.75) is 0 Å². The normalized spacial score (nSPS) is 16.8. The Morgan fingerprint density at radius 1 is 0.806 bits per heavy atom. The molecule has 0 saturated heterocycles. The van der Waals surface area contributed by atoms with E-state index < -0.39 is 6.97 Å². The zero-order valence-corrected chi connectivity index (χ0v) is 17.4. The van der Waals surface area contributed by atoms with Crippen LogP contribution < -0.4 is 0 Å². The number of halogens is 2. The molecule has 0 radical (unpaired) electrons. The molecule has 31 heavy (non-hydrogen) atoms. The average Bonchev–Trinajstić information content (AvgIpc) is 3.41. The van der Waals surface area contributed by atoms with Gasteiger partial charge in [-0.3, -0.25) is 0 Å². The first-order valence-corrected chi connectivity index (χ1v) is 10.3. The summed E-state index contributed by atoms with van der Waals surface area (Å²) in [5, 5.41) is 0. The molecule has 3 aromatic rings. The van der Waals surface area contributed by atoms with E-state index >= 15 is 8.63 Å². The Morgan fingerprint density at radius 2 is 1.42 bits per heavy atom. The minimum absolute atomic E-state index is 0.509. The fourth-order valence-corrected chi connectivity index (χ4v) is 4.33. The number of benzene rings is 2. The monoisotopic (exact) mass is 413 g/mol. The molecule has 0 spiro atoms. The van der Waals surface area contributed by atoms with Crippen molar-refractivity contribution in [3.8, 4) is 11.3 Å². The molecule has 6 heteroatoms. The molecule has 2 aliphatic rings. The first-order valence-electron chi connectivity index (χ1n) is 10.3. The fraction of sp³-hybridized carbons (Fsp3) is 0.0800. The lowest BCUT2D eigenvalue weighted by Crippen LogP contribution is -2.51. The second-order valence-corrected chi connectivity index (χ2v) is 7.96. The van der Waals surface area contributed by atoms with Gasteiger partial charge in [-0.2, -0.15) is 0 Å². The molecule has 5 rings (SSSR count). The molecule has 0 fully saturated rings. The number of allylic oxidation sites excluding steroid dienone is 4. The van der Waals surface area contributed by atoms with Crippen LogP contribution in [0.2, 0.25) is 0 Å². The fourth-order valence-electron chi connectivity index (χ4n) is 4.33. The predicted octanol–water partition coefficient (Wildman–Crippen LogP) is 5.25. The zero-order valence-electron chi connectivity index (χ0n) is 17.4. The van der Waals surface area contributed by atoms with Gasteiger partial charge in [-0.25, -0.2) is 0 Å². The maximum absolute atomic E-state index is 16.3. The number of rotatable bonds is 4. The minimum atomic E-state index is -4.10. The van der Waals surface area contributed by atoms with Crippen LogP contribution in [0.5, 0.6) is 0 Å². The maximum atomic E-state index is 16.3. The van der Waals surface area contributed by atoms with Gasteiger partial charge >= 0.3 is 6.97 Å². The molecular weight excluding hydrogens is 391 g/mol. The maximum Gasteiger partial charge on any atom is 0.737 e. The van der Waals surface area contributed by atoms with Gasteiger partial charge in [0.15, 0.2) is 11.4 Å². The Balaban J connectivity index is 1.82. The number of hydrogen-bond donors (Lipinski definition) is 0. The highest BCUT2D eigenvalue weighted by Crippen LogP contribution is 2.41. The third kappa shape index (κ3) is 3.06. The lowest BCUT2D eigenvalue weighted by Gasteiger charge is -2.33. The van der Waals surface area contributed by atoms with E-state index in [4.69, 9.17) is 0 Å². The first kappa shape index (κ1) is 19.3. The van der Waals surface area contributed by atoms with Gasteiger partial charge in [-0.1, -0.05) is 48.5 Å². The van der Waals surface area contributed by atoms with Crippen LogP contribution >= 0.6 is 0 Å². The number of fused-ring (bicyclic) bond motifs is 2. The molecule has 2 aromatic carbocycles. The Bertz CT molecular complexity index is 1270. The summed E-state index contributed by atoms with van der Waals surface area (Å²) < 4.78 is 34.9. The summed E-state index contributed by atoms with van der Waals surface area (Å²) in [4.78, 5) is 1.90. The first-order chi connectivity index (χ1) is 15.0. The number of hydrogen-bond acceptors (Lipinski definition) is 1. The molecule has 0 atom stereocenters. The summed E-state index contributed by atoms with van der Waals surface area (Å²) in [5.41, 5.74) is 4.36. The molecule has 0 aliphatic carbocycles. The second-order valence-electron chi connectivity index (χ2n) is 7.96. The molecule has 1 aromatic heterocycles. The van der Waals surface area contributed by atoms with Crippen molar-refractivity contribution in [3.05, 3.63) is 114 Å². The van der Waals surface area contributed by atoms with Gasteiger partial charge in [0.2, 0.25) is 0 Å². The van der Waals surface area contributed by atoms with E-state index in [0.717, 1.165) is 16.7 Å². The molecule has 154 valence electrons. The zero-order chi connectivity index (χ0) is 21.6. The van der Waals surface area contributed by atoms with Crippen molar-refractivity contribution in [2.24, 2.45) is 0 Å². The molecule has 0 bridgehead atoms. The van der Waals surface area contributed by atoms with Gasteiger partial charge in [-0.05, 0) is 42.1 Å². The standard InChI is InChI=1S/C25H22BF2N3/c1-29(2)18-17-21-24-15-13-22(19-9-5-3-6-10-19)30(24)26(27,28)31-23(14-16-25(21)31)20-11-7-4-8-12-20/h3-18H,1-2H3/b18-17+. The second kappa shape index (κ2) is 7.24. The van der Waals surface area contributed by atoms with Crippen molar-refractivity contribution < 1.29 is 13.1 Å². The highest BCUT2D eigenvalue weighted by atomic mass is 19.2. The number of aromatic nitrogens is 1. The van der Waals surface area contributed by atoms with Crippen LogP contribution in [0.4, 0.5) is 8.63 Å². The van der Waals surface area contributed by atoms with E-state index in [2.05, 4.69) is 0 Å². The molecule has 2 aliphatic heterocycles. The van der Waals surface area contributed by atoms with Crippen molar-refractivity contribution >= 4 is 18.3 Å². The van der Waals surface area contributed by atoms with Crippen LogP contribution in [-0.2, 0) is 0 Å². The van der Waals surface area contributed by atoms with E-state index in [9.17, 15) is 0 Å². The van der Waals surface area contributed by atoms with E-state index in [1.165, 1.54) is 8.96 Å². The van der Waals surface area contributed by atoms with Gasteiger partial charge in [-0.15, -0.1) is 0 Å². The van der Waals surface area contributed by atoms with Crippen molar-refractivity contribution in [1.29, 1.82) is 0 Å². The summed E-state index contributed by atoms with van der Waals surface area (Å²) in [6.45, 7) is -4.10. The Kier molecular flexibility index (Phi) is 4.51. The topological polar surface area (TPSA) is 11.2 Å². The quantitative estimate of drug-likeness (QED) is 0.532. The van der Waals surface area contributed by atoms with Gasteiger partial charge in [0.1, 0.15) is 0 Å². The third-order valence-electron chi connectivity index (χ3n) is 5.69. The Hall–Kier alpha value is -3.67. The largest absolute Gasteiger partial charge is 0.737 e. The van der Waals surface area contributed by atoms with E-state index in [-0.39, 0.29) is 0 Å². The summed E-state index contributed by atoms with van der Waals surface area (Å²) >= 11 is 0. The Morgan fingerprint density at radius 3 is 2.06 bits per heavy atom. The molecule has 0 saturated carbocycles. The van der Waals surface area contributed by atoms with Gasteiger partial charge in [0.25, 0.3) is 0 Å². The van der Waals surface area contributed by atoms with Crippen molar-refractivity contribution in [2.75, 3.05) is 14.1 Å². The molecule has 3 heterocycles. The molecule has 0 N–H and O–H groups in total. The van der Waals surface area contributed by atoms with Crippen LogP contribution in [0.15, 0.2) is 103 Å². The highest BCUT2D eigenvalue weighted by Gasteiger charge is 2.54.